The molecule has 0 heterocycles. The quantitative estimate of drug-likeness (QED) is 0.513. The fraction of sp³-hybridized carbons (Fsp3) is 0.300. The highest BCUT2D eigenvalue weighted by Crippen LogP contribution is 2.23. The lowest BCUT2D eigenvalue weighted by atomic mass is 10.2. The van der Waals surface area contributed by atoms with Gasteiger partial charge in [-0.3, -0.25) is 0 Å². The molecular weight excluding hydrogens is 279 g/mol. The van der Waals surface area contributed by atoms with Crippen molar-refractivity contribution in [3.05, 3.63) is 29.3 Å². The van der Waals surface area contributed by atoms with Crippen molar-refractivity contribution in [2.75, 3.05) is 13.4 Å². The van der Waals surface area contributed by atoms with Gasteiger partial charge >= 0.3 is 12.1 Å². The number of ether oxygens (including phenoxy) is 2. The predicted molar refractivity (Wildman–Crippen MR) is 50.8 cm³/mol. The van der Waals surface area contributed by atoms with Gasteiger partial charge < -0.3 is 14.6 Å². The van der Waals surface area contributed by atoms with Crippen molar-refractivity contribution in [3.63, 3.8) is 0 Å². The molecule has 4 nitrogen and oxygen atoms in total. The lowest BCUT2D eigenvalue weighted by molar-refractivity contribution is -0.187. The summed E-state index contributed by atoms with van der Waals surface area (Å²) >= 11 is 0. The van der Waals surface area contributed by atoms with E-state index >= 15 is 0 Å². The number of aromatic carboxylic acids is 1. The summed E-state index contributed by atoms with van der Waals surface area (Å²) in [6.45, 7) is -2.66. The number of halogens is 5. The summed E-state index contributed by atoms with van der Waals surface area (Å²) in [5.74, 6) is -5.27. The molecule has 0 fully saturated rings. The van der Waals surface area contributed by atoms with Gasteiger partial charge in [0, 0.05) is 0 Å². The molecule has 0 amide bonds. The fourth-order valence-corrected chi connectivity index (χ4v) is 1.08. The van der Waals surface area contributed by atoms with Crippen molar-refractivity contribution in [2.45, 2.75) is 6.18 Å². The van der Waals surface area contributed by atoms with Gasteiger partial charge in [0.1, 0.15) is 6.61 Å². The zero-order valence-corrected chi connectivity index (χ0v) is 9.13. The van der Waals surface area contributed by atoms with Crippen LogP contribution in [0.15, 0.2) is 12.1 Å². The average molecular weight is 286 g/mol. The molecule has 1 N–H and O–H groups in total. The van der Waals surface area contributed by atoms with Gasteiger partial charge in [0.05, 0.1) is 5.56 Å². The minimum atomic E-state index is -4.59. The molecule has 0 spiro atoms. The minimum Gasteiger partial charge on any atom is -0.478 e. The third kappa shape index (κ3) is 4.70. The summed E-state index contributed by atoms with van der Waals surface area (Å²) in [6.07, 6.45) is -4.59. The maximum atomic E-state index is 13.2. The average Bonchev–Trinajstić information content (AvgIpc) is 2.25. The molecular formula is C10H7F5O4. The maximum Gasteiger partial charge on any atom is 0.411 e. The van der Waals surface area contributed by atoms with E-state index in [4.69, 9.17) is 5.11 Å². The van der Waals surface area contributed by atoms with Gasteiger partial charge in [0.2, 0.25) is 0 Å². The van der Waals surface area contributed by atoms with E-state index in [0.29, 0.717) is 12.1 Å². The minimum absolute atomic E-state index is 0.477. The van der Waals surface area contributed by atoms with E-state index in [1.165, 1.54) is 0 Å². The lowest BCUT2D eigenvalue weighted by Gasteiger charge is -2.10. The summed E-state index contributed by atoms with van der Waals surface area (Å²) in [5, 5.41) is 8.50. The number of hydrogen-bond donors (Lipinski definition) is 1. The zero-order chi connectivity index (χ0) is 14.6. The van der Waals surface area contributed by atoms with Crippen LogP contribution in [0, 0.1) is 11.6 Å². The summed E-state index contributed by atoms with van der Waals surface area (Å²) in [4.78, 5) is 10.5. The van der Waals surface area contributed by atoms with E-state index < -0.39 is 48.5 Å². The first kappa shape index (κ1) is 15.2. The van der Waals surface area contributed by atoms with E-state index in [9.17, 15) is 26.7 Å². The first-order chi connectivity index (χ1) is 8.70. The third-order valence-electron chi connectivity index (χ3n) is 1.80. The van der Waals surface area contributed by atoms with Crippen molar-refractivity contribution in [2.24, 2.45) is 0 Å². The normalized spacial score (nSPS) is 11.4. The van der Waals surface area contributed by atoms with Crippen LogP contribution in [0.2, 0.25) is 0 Å². The Balaban J connectivity index is 2.67. The van der Waals surface area contributed by atoms with Crippen LogP contribution in [0.5, 0.6) is 5.75 Å². The van der Waals surface area contributed by atoms with Crippen LogP contribution < -0.4 is 4.74 Å². The molecule has 0 bridgehead atoms. The maximum absolute atomic E-state index is 13.2. The topological polar surface area (TPSA) is 55.8 Å². The second-order valence-electron chi connectivity index (χ2n) is 3.30. The first-order valence-corrected chi connectivity index (χ1v) is 4.70. The monoisotopic (exact) mass is 286 g/mol. The van der Waals surface area contributed by atoms with E-state index in [-0.39, 0.29) is 0 Å². The molecule has 1 aromatic carbocycles. The van der Waals surface area contributed by atoms with Crippen LogP contribution in [-0.4, -0.2) is 30.7 Å². The van der Waals surface area contributed by atoms with Crippen molar-refractivity contribution >= 4 is 5.97 Å². The van der Waals surface area contributed by atoms with Crippen LogP contribution in [-0.2, 0) is 4.74 Å². The Kier molecular flexibility index (Phi) is 4.65. The smallest absolute Gasteiger partial charge is 0.411 e. The van der Waals surface area contributed by atoms with Gasteiger partial charge in [0.15, 0.2) is 24.2 Å². The summed E-state index contributed by atoms with van der Waals surface area (Å²) in [5.41, 5.74) is -0.654. The Morgan fingerprint density at radius 3 is 2.16 bits per heavy atom. The van der Waals surface area contributed by atoms with Crippen LogP contribution >= 0.6 is 0 Å². The standard InChI is InChI=1S/C10H7F5O4/c11-6-1-5(9(16)17)2-7(12)8(6)19-4-18-3-10(13,14)15/h1-2H,3-4H2,(H,16,17). The van der Waals surface area contributed by atoms with Gasteiger partial charge in [-0.15, -0.1) is 0 Å². The second-order valence-corrected chi connectivity index (χ2v) is 3.30. The van der Waals surface area contributed by atoms with Crippen LogP contribution in [0.25, 0.3) is 0 Å². The molecule has 0 aliphatic carbocycles. The molecule has 0 aliphatic rings. The largest absolute Gasteiger partial charge is 0.478 e. The highest BCUT2D eigenvalue weighted by molar-refractivity contribution is 5.87. The van der Waals surface area contributed by atoms with Crippen molar-refractivity contribution in [3.8, 4) is 5.75 Å². The summed E-state index contributed by atoms with van der Waals surface area (Å²) in [6, 6.07) is 0.953. The van der Waals surface area contributed by atoms with Crippen LogP contribution in [0.3, 0.4) is 0 Å². The Morgan fingerprint density at radius 1 is 1.21 bits per heavy atom. The molecule has 1 rings (SSSR count). The third-order valence-corrected chi connectivity index (χ3v) is 1.80. The molecule has 0 atom stereocenters. The zero-order valence-electron chi connectivity index (χ0n) is 9.13. The molecule has 9 heteroatoms. The molecule has 0 saturated carbocycles. The number of alkyl halides is 3. The number of benzene rings is 1. The fourth-order valence-electron chi connectivity index (χ4n) is 1.08. The van der Waals surface area contributed by atoms with Gasteiger partial charge in [-0.05, 0) is 12.1 Å². The molecule has 0 unspecified atom stereocenters. The molecule has 0 saturated heterocycles. The Bertz CT molecular complexity index is 448. The predicted octanol–water partition coefficient (Wildman–Crippen LogP) is 2.58. The molecule has 0 aromatic heterocycles. The van der Waals surface area contributed by atoms with Crippen molar-refractivity contribution < 1.29 is 41.3 Å². The van der Waals surface area contributed by atoms with Gasteiger partial charge in [-0.1, -0.05) is 0 Å². The molecule has 0 radical (unpaired) electrons. The van der Waals surface area contributed by atoms with Gasteiger partial charge in [-0.25, -0.2) is 13.6 Å². The Hall–Kier alpha value is -1.90. The van der Waals surface area contributed by atoms with E-state index in [1.54, 1.807) is 0 Å². The Labute approximate surface area is 103 Å². The van der Waals surface area contributed by atoms with Gasteiger partial charge in [-0.2, -0.15) is 13.2 Å². The highest BCUT2D eigenvalue weighted by Gasteiger charge is 2.27. The number of hydrogen-bond acceptors (Lipinski definition) is 3. The molecule has 106 valence electrons. The van der Waals surface area contributed by atoms with Crippen molar-refractivity contribution in [1.82, 2.24) is 0 Å². The molecule has 0 aliphatic heterocycles. The number of rotatable bonds is 5. The first-order valence-electron chi connectivity index (χ1n) is 4.70. The molecule has 19 heavy (non-hydrogen) atoms. The number of carbonyl (C=O) groups is 1. The number of carboxylic acids is 1. The Morgan fingerprint density at radius 2 is 1.74 bits per heavy atom. The highest BCUT2D eigenvalue weighted by atomic mass is 19.4. The summed E-state index contributed by atoms with van der Waals surface area (Å²) < 4.78 is 69.8. The number of carboxylic acid groups (broad SMARTS) is 1. The van der Waals surface area contributed by atoms with E-state index in [1.807, 2.05) is 0 Å². The van der Waals surface area contributed by atoms with E-state index in [2.05, 4.69) is 9.47 Å². The molecule has 1 aromatic rings. The van der Waals surface area contributed by atoms with Gasteiger partial charge in [0.25, 0.3) is 0 Å². The van der Waals surface area contributed by atoms with E-state index in [0.717, 1.165) is 0 Å². The summed E-state index contributed by atoms with van der Waals surface area (Å²) in [7, 11) is 0. The SMILES string of the molecule is O=C(O)c1cc(F)c(OCOCC(F)(F)F)c(F)c1. The second kappa shape index (κ2) is 5.83. The van der Waals surface area contributed by atoms with Crippen LogP contribution in [0.1, 0.15) is 10.4 Å². The van der Waals surface area contributed by atoms with Crippen molar-refractivity contribution in [1.29, 1.82) is 0 Å². The van der Waals surface area contributed by atoms with Crippen LogP contribution in [0.4, 0.5) is 22.0 Å². The lowest BCUT2D eigenvalue weighted by Crippen LogP contribution is -2.19.